The van der Waals surface area contributed by atoms with Gasteiger partial charge in [0.05, 0.1) is 18.7 Å². The lowest BCUT2D eigenvalue weighted by molar-refractivity contribution is -0.118. The number of carbonyl (C=O) groups excluding carboxylic acids is 1. The molecule has 0 saturated carbocycles. The van der Waals surface area contributed by atoms with Gasteiger partial charge in [0.15, 0.2) is 0 Å². The molecule has 72 valence electrons. The van der Waals surface area contributed by atoms with Crippen molar-refractivity contribution in [3.63, 3.8) is 0 Å². The molecule has 0 aromatic carbocycles. The van der Waals surface area contributed by atoms with E-state index >= 15 is 0 Å². The summed E-state index contributed by atoms with van der Waals surface area (Å²) in [6.45, 7) is 1.84. The van der Waals surface area contributed by atoms with Crippen molar-refractivity contribution in [3.8, 4) is 0 Å². The maximum absolute atomic E-state index is 11.2. The van der Waals surface area contributed by atoms with Crippen LogP contribution in [-0.4, -0.2) is 28.7 Å². The van der Waals surface area contributed by atoms with Crippen LogP contribution in [0.3, 0.4) is 0 Å². The van der Waals surface area contributed by atoms with E-state index in [4.69, 9.17) is 4.74 Å². The van der Waals surface area contributed by atoms with Crippen LogP contribution in [0, 0.1) is 0 Å². The number of aromatic nitrogens is 2. The number of nitrogens with zero attached hydrogens (tertiary/aromatic N) is 2. The number of hydrogen-bond donors (Lipinski definition) is 1. The van der Waals surface area contributed by atoms with E-state index in [2.05, 4.69) is 14.9 Å². The van der Waals surface area contributed by atoms with Crippen LogP contribution in [-0.2, 0) is 9.53 Å². The average Bonchev–Trinajstić information content (AvgIpc) is 2.56. The van der Waals surface area contributed by atoms with E-state index in [0.29, 0.717) is 11.4 Å². The fourth-order valence-electron chi connectivity index (χ4n) is 0.755. The zero-order valence-corrected chi connectivity index (χ0v) is 8.30. The van der Waals surface area contributed by atoms with E-state index in [-0.39, 0.29) is 12.0 Å². The second kappa shape index (κ2) is 4.88. The Balaban J connectivity index is 2.34. The predicted molar refractivity (Wildman–Crippen MR) is 49.6 cm³/mol. The third-order valence-corrected chi connectivity index (χ3v) is 2.08. The highest BCUT2D eigenvalue weighted by atomic mass is 32.1. The molecule has 1 heterocycles. The lowest BCUT2D eigenvalue weighted by Gasteiger charge is -2.07. The highest BCUT2D eigenvalue weighted by molar-refractivity contribution is 7.10. The Hall–Kier alpha value is -1.01. The van der Waals surface area contributed by atoms with Crippen molar-refractivity contribution in [1.82, 2.24) is 9.59 Å². The molecule has 0 spiro atoms. The molecule has 0 saturated heterocycles. The molecule has 1 N–H and O–H groups in total. The molecule has 0 aliphatic rings. The Labute approximate surface area is 80.3 Å². The molecule has 0 aliphatic carbocycles. The van der Waals surface area contributed by atoms with Crippen LogP contribution in [0.1, 0.15) is 13.3 Å². The number of nitrogens with one attached hydrogen (secondary N) is 1. The Morgan fingerprint density at radius 3 is 3.15 bits per heavy atom. The number of hydrogen-bond acceptors (Lipinski definition) is 5. The van der Waals surface area contributed by atoms with Crippen molar-refractivity contribution in [2.45, 2.75) is 19.4 Å². The smallest absolute Gasteiger partial charge is 0.227 e. The van der Waals surface area contributed by atoms with Crippen molar-refractivity contribution in [2.75, 3.05) is 12.4 Å². The number of anilines is 1. The Morgan fingerprint density at radius 2 is 2.62 bits per heavy atom. The van der Waals surface area contributed by atoms with Crippen molar-refractivity contribution in [1.29, 1.82) is 0 Å². The van der Waals surface area contributed by atoms with Gasteiger partial charge in [0.2, 0.25) is 5.91 Å². The van der Waals surface area contributed by atoms with Gasteiger partial charge in [0.1, 0.15) is 5.00 Å². The minimum Gasteiger partial charge on any atom is -0.381 e. The summed E-state index contributed by atoms with van der Waals surface area (Å²) in [6.07, 6.45) is 1.79. The first-order valence-corrected chi connectivity index (χ1v) is 4.59. The van der Waals surface area contributed by atoms with Gasteiger partial charge in [-0.2, -0.15) is 0 Å². The molecule has 6 heteroatoms. The molecule has 1 amide bonds. The first-order chi connectivity index (χ1) is 6.22. The normalized spacial score (nSPS) is 12.5. The van der Waals surface area contributed by atoms with E-state index in [0.717, 1.165) is 11.5 Å². The van der Waals surface area contributed by atoms with Gasteiger partial charge in [0.25, 0.3) is 0 Å². The Morgan fingerprint density at radius 1 is 1.85 bits per heavy atom. The zero-order valence-electron chi connectivity index (χ0n) is 7.48. The monoisotopic (exact) mass is 201 g/mol. The summed E-state index contributed by atoms with van der Waals surface area (Å²) in [5.41, 5.74) is 0. The zero-order chi connectivity index (χ0) is 9.68. The van der Waals surface area contributed by atoms with E-state index in [1.165, 1.54) is 6.20 Å². The summed E-state index contributed by atoms with van der Waals surface area (Å²) < 4.78 is 8.57. The highest BCUT2D eigenvalue weighted by Crippen LogP contribution is 2.10. The van der Waals surface area contributed by atoms with Crippen molar-refractivity contribution in [2.24, 2.45) is 0 Å². The maximum Gasteiger partial charge on any atom is 0.227 e. The Bertz CT molecular complexity index is 263. The first-order valence-electron chi connectivity index (χ1n) is 3.82. The fourth-order valence-corrected chi connectivity index (χ4v) is 1.19. The summed E-state index contributed by atoms with van der Waals surface area (Å²) in [5.74, 6) is -0.0830. The van der Waals surface area contributed by atoms with E-state index in [9.17, 15) is 4.79 Å². The van der Waals surface area contributed by atoms with E-state index in [1.807, 2.05) is 6.92 Å². The highest BCUT2D eigenvalue weighted by Gasteiger charge is 2.08. The molecular formula is C7H11N3O2S. The minimum absolute atomic E-state index is 0.0686. The first kappa shape index (κ1) is 10.1. The summed E-state index contributed by atoms with van der Waals surface area (Å²) in [6, 6.07) is 0. The van der Waals surface area contributed by atoms with E-state index in [1.54, 1.807) is 7.11 Å². The largest absolute Gasteiger partial charge is 0.381 e. The molecule has 1 aromatic rings. The number of methoxy groups -OCH3 is 1. The quantitative estimate of drug-likeness (QED) is 0.786. The second-order valence-corrected chi connectivity index (χ2v) is 3.37. The van der Waals surface area contributed by atoms with Gasteiger partial charge >= 0.3 is 0 Å². The molecule has 13 heavy (non-hydrogen) atoms. The predicted octanol–water partition coefficient (Wildman–Crippen LogP) is 0.902. The van der Waals surface area contributed by atoms with Gasteiger partial charge in [-0.3, -0.25) is 4.79 Å². The van der Waals surface area contributed by atoms with Gasteiger partial charge in [-0.15, -0.1) is 5.10 Å². The van der Waals surface area contributed by atoms with Crippen molar-refractivity contribution < 1.29 is 9.53 Å². The van der Waals surface area contributed by atoms with Crippen molar-refractivity contribution in [3.05, 3.63) is 6.20 Å². The Kier molecular flexibility index (Phi) is 3.78. The van der Waals surface area contributed by atoms with Crippen LogP contribution in [0.2, 0.25) is 0 Å². The lowest BCUT2D eigenvalue weighted by atomic mass is 10.3. The van der Waals surface area contributed by atoms with Gasteiger partial charge in [-0.25, -0.2) is 0 Å². The topological polar surface area (TPSA) is 64.1 Å². The van der Waals surface area contributed by atoms with Crippen molar-refractivity contribution >= 4 is 22.4 Å². The fraction of sp³-hybridized carbons (Fsp3) is 0.571. The van der Waals surface area contributed by atoms with Crippen LogP contribution in [0.15, 0.2) is 6.20 Å². The molecule has 0 aliphatic heterocycles. The van der Waals surface area contributed by atoms with Crippen LogP contribution in [0.5, 0.6) is 0 Å². The van der Waals surface area contributed by atoms with Crippen LogP contribution in [0.25, 0.3) is 0 Å². The van der Waals surface area contributed by atoms with Gasteiger partial charge in [-0.05, 0) is 6.92 Å². The summed E-state index contributed by atoms with van der Waals surface area (Å²) >= 11 is 1.15. The van der Waals surface area contributed by atoms with Crippen LogP contribution >= 0.6 is 11.5 Å². The number of amides is 1. The number of carbonyl (C=O) groups is 1. The summed E-state index contributed by atoms with van der Waals surface area (Å²) in [5, 5.41) is 6.92. The molecule has 1 atom stereocenters. The van der Waals surface area contributed by atoms with Gasteiger partial charge in [-0.1, -0.05) is 4.49 Å². The molecule has 1 unspecified atom stereocenters. The molecule has 5 nitrogen and oxygen atoms in total. The molecule has 0 fully saturated rings. The maximum atomic E-state index is 11.2. The molecule has 0 bridgehead atoms. The summed E-state index contributed by atoms with van der Waals surface area (Å²) in [7, 11) is 1.58. The van der Waals surface area contributed by atoms with Gasteiger partial charge < -0.3 is 10.1 Å². The third kappa shape index (κ3) is 3.47. The SMILES string of the molecule is COC(C)CC(=O)Nc1cnns1. The van der Waals surface area contributed by atoms with E-state index < -0.39 is 0 Å². The molecule has 0 radical (unpaired) electrons. The van der Waals surface area contributed by atoms with Crippen LogP contribution < -0.4 is 5.32 Å². The lowest BCUT2D eigenvalue weighted by Crippen LogP contribution is -2.18. The second-order valence-electron chi connectivity index (χ2n) is 2.58. The number of ether oxygens (including phenoxy) is 1. The standard InChI is InChI=1S/C7H11N3O2S/c1-5(12-2)3-6(11)9-7-4-8-10-13-7/h4-5H,3H2,1-2H3,(H,9,11). The molecule has 1 rings (SSSR count). The molecule has 1 aromatic heterocycles. The molecular weight excluding hydrogens is 190 g/mol. The van der Waals surface area contributed by atoms with Crippen LogP contribution in [0.4, 0.5) is 5.00 Å². The number of rotatable bonds is 4. The average molecular weight is 201 g/mol. The third-order valence-electron chi connectivity index (χ3n) is 1.50. The minimum atomic E-state index is -0.0830. The van der Waals surface area contributed by atoms with Gasteiger partial charge in [0, 0.05) is 18.6 Å². The summed E-state index contributed by atoms with van der Waals surface area (Å²) in [4.78, 5) is 11.2.